The van der Waals surface area contributed by atoms with E-state index < -0.39 is 0 Å². The fourth-order valence-corrected chi connectivity index (χ4v) is 2.28. The number of imidazole rings is 2. The zero-order valence-corrected chi connectivity index (χ0v) is 12.2. The molecule has 0 saturated carbocycles. The second kappa shape index (κ2) is 6.84. The molecule has 0 N–H and O–H groups in total. The third kappa shape index (κ3) is 3.04. The molecule has 0 fully saturated rings. The summed E-state index contributed by atoms with van der Waals surface area (Å²) in [7, 11) is 0. The van der Waals surface area contributed by atoms with Gasteiger partial charge in [-0.3, -0.25) is 4.99 Å². The molecule has 0 radical (unpaired) electrons. The average molecular weight is 271 g/mol. The van der Waals surface area contributed by atoms with Crippen LogP contribution in [0.1, 0.15) is 37.5 Å². The maximum absolute atomic E-state index is 4.78. The van der Waals surface area contributed by atoms with Gasteiger partial charge in [0.2, 0.25) is 0 Å². The molecule has 2 aromatic heterocycles. The van der Waals surface area contributed by atoms with Gasteiger partial charge in [0, 0.05) is 25.1 Å². The van der Waals surface area contributed by atoms with Gasteiger partial charge in [0.15, 0.2) is 0 Å². The van der Waals surface area contributed by atoms with Gasteiger partial charge in [-0.15, -0.1) is 0 Å². The minimum atomic E-state index is 0.738. The van der Waals surface area contributed by atoms with E-state index >= 15 is 0 Å². The van der Waals surface area contributed by atoms with Crippen molar-refractivity contribution < 1.29 is 0 Å². The zero-order chi connectivity index (χ0) is 14.4. The minimum absolute atomic E-state index is 0.738. The van der Waals surface area contributed by atoms with Crippen molar-refractivity contribution in [3.63, 3.8) is 0 Å². The number of hydrogen-bond donors (Lipinski definition) is 0. The number of aliphatic imine (C=N–C) groups is 1. The van der Waals surface area contributed by atoms with E-state index in [1.54, 1.807) is 12.4 Å². The van der Waals surface area contributed by atoms with Crippen LogP contribution in [0.2, 0.25) is 0 Å². The molecule has 5 heteroatoms. The topological polar surface area (TPSA) is 48.0 Å². The number of nitrogens with zero attached hydrogens (tertiary/aromatic N) is 5. The van der Waals surface area contributed by atoms with Crippen molar-refractivity contribution in [2.45, 2.75) is 39.8 Å². The van der Waals surface area contributed by atoms with Crippen molar-refractivity contribution in [3.8, 4) is 0 Å². The van der Waals surface area contributed by atoms with Gasteiger partial charge in [-0.2, -0.15) is 0 Å². The Hall–Kier alpha value is -2.17. The van der Waals surface area contributed by atoms with Crippen LogP contribution in [0, 0.1) is 0 Å². The van der Waals surface area contributed by atoms with Gasteiger partial charge in [0.25, 0.3) is 0 Å². The summed E-state index contributed by atoms with van der Waals surface area (Å²) in [6.45, 7) is 9.48. The highest BCUT2D eigenvalue weighted by atomic mass is 15.1. The van der Waals surface area contributed by atoms with Crippen molar-refractivity contribution in [1.29, 1.82) is 0 Å². The van der Waals surface area contributed by atoms with Gasteiger partial charge in [-0.25, -0.2) is 9.97 Å². The first-order valence-electron chi connectivity index (χ1n) is 6.96. The third-order valence-electron chi connectivity index (χ3n) is 3.17. The lowest BCUT2D eigenvalue weighted by atomic mass is 10.2. The number of rotatable bonds is 7. The first kappa shape index (κ1) is 14.2. The van der Waals surface area contributed by atoms with Crippen LogP contribution in [0.15, 0.2) is 29.9 Å². The Kier molecular flexibility index (Phi) is 4.87. The largest absolute Gasteiger partial charge is 0.330 e. The maximum Gasteiger partial charge on any atom is 0.129 e. The van der Waals surface area contributed by atoms with Crippen LogP contribution in [-0.4, -0.2) is 25.8 Å². The lowest BCUT2D eigenvalue weighted by Crippen LogP contribution is -2.09. The molecule has 2 heterocycles. The Morgan fingerprint density at radius 3 is 2.85 bits per heavy atom. The van der Waals surface area contributed by atoms with Crippen molar-refractivity contribution in [1.82, 2.24) is 19.1 Å². The van der Waals surface area contributed by atoms with Gasteiger partial charge >= 0.3 is 0 Å². The summed E-state index contributed by atoms with van der Waals surface area (Å²) in [6.07, 6.45) is 11.3. The molecule has 2 rings (SSSR count). The van der Waals surface area contributed by atoms with Gasteiger partial charge in [0.05, 0.1) is 24.3 Å². The monoisotopic (exact) mass is 271 g/mol. The Labute approximate surface area is 119 Å². The highest BCUT2D eigenvalue weighted by Crippen LogP contribution is 2.17. The molecular formula is C15H21N5. The fraction of sp³-hybridized carbons (Fsp3) is 0.400. The Bertz CT molecular complexity index is 578. The summed E-state index contributed by atoms with van der Waals surface area (Å²) in [6, 6.07) is 0. The lowest BCUT2D eigenvalue weighted by Gasteiger charge is -2.09. The molecule has 0 aliphatic heterocycles. The van der Waals surface area contributed by atoms with E-state index in [4.69, 9.17) is 4.98 Å². The molecule has 0 atom stereocenters. The molecule has 0 amide bonds. The second-order valence-electron chi connectivity index (χ2n) is 4.60. The SMILES string of the molecule is C=N/C=C\c1c(CC)nc(Cn2ccnc2)n1CCC. The summed E-state index contributed by atoms with van der Waals surface area (Å²) >= 11 is 0. The highest BCUT2D eigenvalue weighted by Gasteiger charge is 2.13. The Morgan fingerprint density at radius 2 is 2.25 bits per heavy atom. The predicted octanol–water partition coefficient (Wildman–Crippen LogP) is 2.77. The minimum Gasteiger partial charge on any atom is -0.330 e. The molecule has 0 aromatic carbocycles. The number of hydrogen-bond acceptors (Lipinski definition) is 3. The predicted molar refractivity (Wildman–Crippen MR) is 81.8 cm³/mol. The van der Waals surface area contributed by atoms with Crippen LogP contribution < -0.4 is 0 Å². The molecule has 0 bridgehead atoms. The number of aromatic nitrogens is 4. The first-order valence-corrected chi connectivity index (χ1v) is 6.96. The summed E-state index contributed by atoms with van der Waals surface area (Å²) in [5, 5.41) is 0. The molecule has 0 aliphatic carbocycles. The van der Waals surface area contributed by atoms with Crippen LogP contribution in [0.25, 0.3) is 6.08 Å². The standard InChI is InChI=1S/C15H21N5/c1-4-9-20-14(6-7-16-3)13(5-2)18-15(20)11-19-10-8-17-12-19/h6-8,10,12H,3-5,9,11H2,1-2H3/b7-6-. The van der Waals surface area contributed by atoms with E-state index in [0.29, 0.717) is 0 Å². The van der Waals surface area contributed by atoms with Gasteiger partial charge in [-0.1, -0.05) is 13.8 Å². The van der Waals surface area contributed by atoms with Crippen molar-refractivity contribution in [2.24, 2.45) is 4.99 Å². The average Bonchev–Trinajstić information content (AvgIpc) is 3.07. The molecule has 5 nitrogen and oxygen atoms in total. The maximum atomic E-state index is 4.78. The van der Waals surface area contributed by atoms with Crippen LogP contribution in [-0.2, 0) is 19.5 Å². The van der Waals surface area contributed by atoms with E-state index in [2.05, 4.69) is 35.1 Å². The molecule has 0 unspecified atom stereocenters. The molecule has 20 heavy (non-hydrogen) atoms. The summed E-state index contributed by atoms with van der Waals surface area (Å²) in [5.41, 5.74) is 2.24. The molecule has 2 aromatic rings. The normalized spacial score (nSPS) is 11.3. The summed E-state index contributed by atoms with van der Waals surface area (Å²) in [4.78, 5) is 12.7. The van der Waals surface area contributed by atoms with Gasteiger partial charge < -0.3 is 9.13 Å². The van der Waals surface area contributed by atoms with Crippen LogP contribution >= 0.6 is 0 Å². The summed E-state index contributed by atoms with van der Waals surface area (Å²) in [5.74, 6) is 1.06. The van der Waals surface area contributed by atoms with Gasteiger partial charge in [-0.05, 0) is 25.6 Å². The van der Waals surface area contributed by atoms with E-state index in [0.717, 1.165) is 43.1 Å². The van der Waals surface area contributed by atoms with Crippen LogP contribution in [0.4, 0.5) is 0 Å². The van der Waals surface area contributed by atoms with E-state index in [9.17, 15) is 0 Å². The quantitative estimate of drug-likeness (QED) is 0.727. The Balaban J connectivity index is 2.41. The zero-order valence-electron chi connectivity index (χ0n) is 12.2. The fourth-order valence-electron chi connectivity index (χ4n) is 2.28. The third-order valence-corrected chi connectivity index (χ3v) is 3.17. The molecule has 0 spiro atoms. The highest BCUT2D eigenvalue weighted by molar-refractivity contribution is 5.50. The summed E-state index contributed by atoms with van der Waals surface area (Å²) < 4.78 is 4.30. The van der Waals surface area contributed by atoms with Crippen molar-refractivity contribution in [2.75, 3.05) is 0 Å². The van der Waals surface area contributed by atoms with Crippen molar-refractivity contribution >= 4 is 12.8 Å². The molecule has 0 aliphatic rings. The van der Waals surface area contributed by atoms with Gasteiger partial charge in [0.1, 0.15) is 5.82 Å². The lowest BCUT2D eigenvalue weighted by molar-refractivity contribution is 0.608. The molecule has 0 saturated heterocycles. The molecule has 106 valence electrons. The second-order valence-corrected chi connectivity index (χ2v) is 4.60. The van der Waals surface area contributed by atoms with Crippen LogP contribution in [0.5, 0.6) is 0 Å². The van der Waals surface area contributed by atoms with E-state index in [1.165, 1.54) is 0 Å². The van der Waals surface area contributed by atoms with E-state index in [-0.39, 0.29) is 0 Å². The smallest absolute Gasteiger partial charge is 0.129 e. The number of aryl methyl sites for hydroxylation is 1. The first-order chi connectivity index (χ1) is 9.80. The van der Waals surface area contributed by atoms with E-state index in [1.807, 2.05) is 23.2 Å². The van der Waals surface area contributed by atoms with Crippen LogP contribution in [0.3, 0.4) is 0 Å². The molecular weight excluding hydrogens is 250 g/mol. The Morgan fingerprint density at radius 1 is 1.40 bits per heavy atom. The van der Waals surface area contributed by atoms with Crippen molar-refractivity contribution in [3.05, 3.63) is 42.1 Å².